The van der Waals surface area contributed by atoms with E-state index in [-0.39, 0.29) is 29.2 Å². The molecule has 3 aromatic rings. The number of hydrogen-bond acceptors (Lipinski definition) is 8. The molecule has 2 aliphatic rings. The first-order chi connectivity index (χ1) is 17.9. The first kappa shape index (κ1) is 27.2. The van der Waals surface area contributed by atoms with E-state index in [1.165, 1.54) is 6.07 Å². The standard InChI is InChI=1S/C28H27N3O5S.H2O/c1-4-35-27(32)25-18(3)29-28-30(26(25)19-8-6-5-7-9-19)16-22(37-28)15-21-11-13-24(36-21)23-12-10-20(31(33)34)14-17(23)2;/h5-15,18,25-26H,4,16H2,1-3H3;1H2/b22-15-;. The van der Waals surface area contributed by atoms with E-state index in [9.17, 15) is 14.9 Å². The van der Waals surface area contributed by atoms with Crippen LogP contribution in [0.4, 0.5) is 5.69 Å². The number of aliphatic imine (C=N–C) groups is 1. The molecule has 0 amide bonds. The van der Waals surface area contributed by atoms with Gasteiger partial charge in [-0.2, -0.15) is 0 Å². The summed E-state index contributed by atoms with van der Waals surface area (Å²) in [4.78, 5) is 31.7. The van der Waals surface area contributed by atoms with Gasteiger partial charge in [0.1, 0.15) is 17.4 Å². The summed E-state index contributed by atoms with van der Waals surface area (Å²) in [6, 6.07) is 18.1. The zero-order chi connectivity index (χ0) is 26.1. The Balaban J connectivity index is 0.00000336. The van der Waals surface area contributed by atoms with Crippen LogP contribution in [0.25, 0.3) is 17.4 Å². The van der Waals surface area contributed by atoms with Gasteiger partial charge in [-0.05, 0) is 56.2 Å². The van der Waals surface area contributed by atoms with Crippen LogP contribution < -0.4 is 0 Å². The molecule has 1 saturated heterocycles. The lowest BCUT2D eigenvalue weighted by molar-refractivity contribution is -0.384. The zero-order valence-corrected chi connectivity index (χ0v) is 22.1. The van der Waals surface area contributed by atoms with Crippen molar-refractivity contribution in [2.24, 2.45) is 10.9 Å². The van der Waals surface area contributed by atoms with Gasteiger partial charge in [0, 0.05) is 22.6 Å². The Kier molecular flexibility index (Phi) is 8.03. The quantitative estimate of drug-likeness (QED) is 0.234. The molecule has 10 heteroatoms. The summed E-state index contributed by atoms with van der Waals surface area (Å²) in [7, 11) is 0. The average Bonchev–Trinajstić information content (AvgIpc) is 3.50. The van der Waals surface area contributed by atoms with Crippen LogP contribution in [0.15, 0.2) is 75.0 Å². The number of hydrogen-bond donors (Lipinski definition) is 0. The van der Waals surface area contributed by atoms with E-state index in [4.69, 9.17) is 14.1 Å². The predicted octanol–water partition coefficient (Wildman–Crippen LogP) is 5.41. The maximum Gasteiger partial charge on any atom is 0.313 e. The van der Waals surface area contributed by atoms with Crippen LogP contribution in [0.1, 0.15) is 36.8 Å². The van der Waals surface area contributed by atoms with Crippen molar-refractivity contribution in [3.8, 4) is 11.3 Å². The molecule has 3 atom stereocenters. The van der Waals surface area contributed by atoms with E-state index in [1.807, 2.05) is 69.3 Å². The molecule has 2 N–H and O–H groups in total. The molecule has 5 rings (SSSR count). The number of carbonyl (C=O) groups is 1. The van der Waals surface area contributed by atoms with Crippen LogP contribution >= 0.6 is 11.8 Å². The highest BCUT2D eigenvalue weighted by molar-refractivity contribution is 8.17. The second-order valence-corrected chi connectivity index (χ2v) is 10.2. The second kappa shape index (κ2) is 11.2. The Hall–Kier alpha value is -3.89. The molecule has 3 heterocycles. The Morgan fingerprint density at radius 1 is 1.24 bits per heavy atom. The summed E-state index contributed by atoms with van der Waals surface area (Å²) < 4.78 is 11.5. The molecular weight excluding hydrogens is 506 g/mol. The number of aryl methyl sites for hydroxylation is 1. The van der Waals surface area contributed by atoms with E-state index in [2.05, 4.69) is 4.90 Å². The third-order valence-electron chi connectivity index (χ3n) is 6.62. The van der Waals surface area contributed by atoms with Gasteiger partial charge in [0.05, 0.1) is 30.2 Å². The molecule has 198 valence electrons. The van der Waals surface area contributed by atoms with Crippen molar-refractivity contribution in [1.82, 2.24) is 4.90 Å². The Morgan fingerprint density at radius 3 is 2.68 bits per heavy atom. The summed E-state index contributed by atoms with van der Waals surface area (Å²) >= 11 is 1.58. The largest absolute Gasteiger partial charge is 0.466 e. The number of carbonyl (C=O) groups excluding carboxylic acids is 1. The van der Waals surface area contributed by atoms with Crippen molar-refractivity contribution in [3.63, 3.8) is 0 Å². The number of nitrogens with zero attached hydrogens (tertiary/aromatic N) is 3. The highest BCUT2D eigenvalue weighted by atomic mass is 32.2. The van der Waals surface area contributed by atoms with E-state index >= 15 is 0 Å². The number of esters is 1. The lowest BCUT2D eigenvalue weighted by Crippen LogP contribution is -2.46. The number of nitro benzene ring substituents is 1. The monoisotopic (exact) mass is 535 g/mol. The Bertz CT molecular complexity index is 1400. The van der Waals surface area contributed by atoms with Gasteiger partial charge < -0.3 is 19.5 Å². The number of ether oxygens (including phenoxy) is 1. The number of fused-ring (bicyclic) bond motifs is 1. The number of furan rings is 1. The minimum absolute atomic E-state index is 0. The van der Waals surface area contributed by atoms with Crippen LogP contribution in [0.3, 0.4) is 0 Å². The maximum absolute atomic E-state index is 13.0. The average molecular weight is 536 g/mol. The Labute approximate surface area is 224 Å². The van der Waals surface area contributed by atoms with Gasteiger partial charge in [0.15, 0.2) is 5.17 Å². The minimum atomic E-state index is -0.411. The normalized spacial score (nSPS) is 21.4. The molecule has 2 aromatic carbocycles. The molecule has 1 fully saturated rings. The third-order valence-corrected chi connectivity index (χ3v) is 7.65. The van der Waals surface area contributed by atoms with Crippen molar-refractivity contribution >= 4 is 34.7 Å². The SMILES string of the molecule is CCOC(=O)C1C(C)N=C2S/C(=C\c3ccc(-c4ccc([N+](=O)[O-])cc4C)o3)CN2C1c1ccccc1.O. The van der Waals surface area contributed by atoms with Gasteiger partial charge in [-0.3, -0.25) is 19.9 Å². The number of non-ortho nitro benzene ring substituents is 1. The van der Waals surface area contributed by atoms with Crippen molar-refractivity contribution < 1.29 is 24.3 Å². The molecule has 3 unspecified atom stereocenters. The molecule has 0 aliphatic carbocycles. The summed E-state index contributed by atoms with van der Waals surface area (Å²) in [6.45, 7) is 6.54. The van der Waals surface area contributed by atoms with E-state index in [0.29, 0.717) is 24.7 Å². The topological polar surface area (TPSA) is 130 Å². The summed E-state index contributed by atoms with van der Waals surface area (Å²) in [5.74, 6) is 0.687. The highest BCUT2D eigenvalue weighted by Crippen LogP contribution is 2.45. The molecule has 38 heavy (non-hydrogen) atoms. The van der Waals surface area contributed by atoms with Crippen LogP contribution in [-0.2, 0) is 9.53 Å². The van der Waals surface area contributed by atoms with Gasteiger partial charge in [-0.15, -0.1) is 0 Å². The van der Waals surface area contributed by atoms with Gasteiger partial charge >= 0.3 is 5.97 Å². The fraction of sp³-hybridized carbons (Fsp3) is 0.286. The lowest BCUT2D eigenvalue weighted by Gasteiger charge is -2.40. The first-order valence-electron chi connectivity index (χ1n) is 12.2. The Morgan fingerprint density at radius 2 is 2.00 bits per heavy atom. The predicted molar refractivity (Wildman–Crippen MR) is 148 cm³/mol. The number of nitro groups is 1. The van der Waals surface area contributed by atoms with Gasteiger partial charge in [-0.1, -0.05) is 42.1 Å². The van der Waals surface area contributed by atoms with Crippen LogP contribution in [0.2, 0.25) is 0 Å². The van der Waals surface area contributed by atoms with Gasteiger partial charge in [0.25, 0.3) is 5.69 Å². The summed E-state index contributed by atoms with van der Waals surface area (Å²) in [5, 5.41) is 11.9. The number of rotatable bonds is 6. The van der Waals surface area contributed by atoms with Crippen molar-refractivity contribution in [3.05, 3.63) is 92.6 Å². The van der Waals surface area contributed by atoms with Crippen molar-refractivity contribution in [2.45, 2.75) is 32.9 Å². The fourth-order valence-electron chi connectivity index (χ4n) is 4.92. The first-order valence-corrected chi connectivity index (χ1v) is 13.0. The third kappa shape index (κ3) is 5.23. The van der Waals surface area contributed by atoms with Crippen molar-refractivity contribution in [2.75, 3.05) is 13.2 Å². The van der Waals surface area contributed by atoms with E-state index in [1.54, 1.807) is 23.9 Å². The van der Waals surface area contributed by atoms with Crippen LogP contribution in [0, 0.1) is 23.0 Å². The lowest BCUT2D eigenvalue weighted by atomic mass is 9.85. The smallest absolute Gasteiger partial charge is 0.313 e. The molecule has 0 spiro atoms. The number of thioether (sulfide) groups is 1. The second-order valence-electron chi connectivity index (χ2n) is 9.08. The molecule has 2 aliphatic heterocycles. The zero-order valence-electron chi connectivity index (χ0n) is 21.3. The van der Waals surface area contributed by atoms with Crippen LogP contribution in [-0.4, -0.2) is 45.6 Å². The maximum atomic E-state index is 13.0. The molecule has 0 radical (unpaired) electrons. The summed E-state index contributed by atoms with van der Waals surface area (Å²) in [6.07, 6.45) is 1.99. The molecule has 0 bridgehead atoms. The minimum Gasteiger partial charge on any atom is -0.466 e. The molecule has 9 nitrogen and oxygen atoms in total. The fourth-order valence-corrected chi connectivity index (χ4v) is 6.05. The van der Waals surface area contributed by atoms with Gasteiger partial charge in [-0.25, -0.2) is 0 Å². The number of amidine groups is 1. The van der Waals surface area contributed by atoms with E-state index < -0.39 is 10.8 Å². The summed E-state index contributed by atoms with van der Waals surface area (Å²) in [5.41, 5.74) is 2.69. The molecule has 0 saturated carbocycles. The number of benzene rings is 2. The molecular formula is C28H29N3O6S. The van der Waals surface area contributed by atoms with Crippen molar-refractivity contribution in [1.29, 1.82) is 0 Å². The van der Waals surface area contributed by atoms with Gasteiger partial charge in [0.2, 0.25) is 0 Å². The van der Waals surface area contributed by atoms with E-state index in [0.717, 1.165) is 26.8 Å². The van der Waals surface area contributed by atoms with Crippen LogP contribution in [0.5, 0.6) is 0 Å². The molecule has 1 aromatic heterocycles. The highest BCUT2D eigenvalue weighted by Gasteiger charge is 2.46.